The minimum Gasteiger partial charge on any atom is -0.478 e. The highest BCUT2D eigenvalue weighted by molar-refractivity contribution is 5.98. The van der Waals surface area contributed by atoms with E-state index in [4.69, 9.17) is 10.8 Å². The van der Waals surface area contributed by atoms with E-state index < -0.39 is 40.4 Å². The maximum Gasteiger partial charge on any atom is 0.349 e. The SMILES string of the molecule is C[C@@H](NC(=O)c1cc(C(=O)NCc2cccc(CNc3c(N)c(=O)c3=O)c2)nc2n[nH]c(=O)n12)c1ccc(C(=O)O)cc1. The van der Waals surface area contributed by atoms with Crippen LogP contribution in [0.1, 0.15) is 61.0 Å². The summed E-state index contributed by atoms with van der Waals surface area (Å²) in [5.74, 6) is -2.60. The van der Waals surface area contributed by atoms with Gasteiger partial charge in [-0.25, -0.2) is 24.1 Å². The van der Waals surface area contributed by atoms with Crippen LogP contribution in [-0.2, 0) is 13.1 Å². The van der Waals surface area contributed by atoms with Gasteiger partial charge in [-0.1, -0.05) is 36.4 Å². The molecule has 0 radical (unpaired) electrons. The highest BCUT2D eigenvalue weighted by atomic mass is 16.4. The van der Waals surface area contributed by atoms with Gasteiger partial charge in [0.1, 0.15) is 22.8 Å². The Morgan fingerprint density at radius 3 is 2.35 bits per heavy atom. The lowest BCUT2D eigenvalue weighted by Gasteiger charge is -2.15. The number of carbonyl (C=O) groups excluding carboxylic acids is 2. The molecule has 0 aliphatic rings. The Morgan fingerprint density at radius 2 is 1.67 bits per heavy atom. The molecule has 0 spiro atoms. The smallest absolute Gasteiger partial charge is 0.349 e. The molecule has 0 saturated heterocycles. The van der Waals surface area contributed by atoms with Crippen molar-refractivity contribution in [2.45, 2.75) is 26.1 Å². The maximum atomic E-state index is 13.2. The number of aromatic amines is 1. The number of amides is 2. The van der Waals surface area contributed by atoms with Gasteiger partial charge >= 0.3 is 11.7 Å². The van der Waals surface area contributed by atoms with Crippen molar-refractivity contribution >= 4 is 34.9 Å². The van der Waals surface area contributed by atoms with Gasteiger partial charge in [-0.15, -0.1) is 5.10 Å². The van der Waals surface area contributed by atoms with Gasteiger partial charge in [0, 0.05) is 13.1 Å². The highest BCUT2D eigenvalue weighted by Crippen LogP contribution is 2.16. The fraction of sp³-hybridized carbons (Fsp3) is 0.143. The molecule has 0 aliphatic carbocycles. The lowest BCUT2D eigenvalue weighted by atomic mass is 10.1. The second-order valence-corrected chi connectivity index (χ2v) is 9.62. The van der Waals surface area contributed by atoms with E-state index in [9.17, 15) is 28.8 Å². The number of carboxylic acid groups (broad SMARTS) is 1. The van der Waals surface area contributed by atoms with Crippen LogP contribution in [0.4, 0.5) is 11.4 Å². The molecule has 2 aromatic heterocycles. The summed E-state index contributed by atoms with van der Waals surface area (Å²) in [6.45, 7) is 1.99. The summed E-state index contributed by atoms with van der Waals surface area (Å²) >= 11 is 0. The van der Waals surface area contributed by atoms with Crippen molar-refractivity contribution in [2.24, 2.45) is 0 Å². The fourth-order valence-corrected chi connectivity index (χ4v) is 4.36. The number of nitrogens with one attached hydrogen (secondary N) is 4. The average molecular weight is 585 g/mol. The minimum absolute atomic E-state index is 0.0768. The Morgan fingerprint density at radius 1 is 0.977 bits per heavy atom. The number of nitrogen functional groups attached to an aromatic ring is 1. The molecule has 0 aliphatic heterocycles. The number of aromatic carboxylic acids is 1. The van der Waals surface area contributed by atoms with E-state index >= 15 is 0 Å². The second kappa shape index (κ2) is 11.4. The van der Waals surface area contributed by atoms with Crippen molar-refractivity contribution in [3.05, 3.63) is 119 Å². The number of rotatable bonds is 10. The van der Waals surface area contributed by atoms with Gasteiger partial charge < -0.3 is 26.8 Å². The van der Waals surface area contributed by atoms with Crippen LogP contribution in [0.5, 0.6) is 0 Å². The van der Waals surface area contributed by atoms with E-state index in [1.165, 1.54) is 18.2 Å². The van der Waals surface area contributed by atoms with E-state index in [1.807, 2.05) is 0 Å². The molecule has 0 fully saturated rings. The normalized spacial score (nSPS) is 11.7. The summed E-state index contributed by atoms with van der Waals surface area (Å²) in [6.07, 6.45) is 0. The largest absolute Gasteiger partial charge is 0.478 e. The summed E-state index contributed by atoms with van der Waals surface area (Å²) in [5.41, 5.74) is 5.24. The molecule has 3 aromatic carbocycles. The number of H-pyrrole nitrogens is 1. The molecule has 218 valence electrons. The van der Waals surface area contributed by atoms with Crippen LogP contribution in [0.15, 0.2) is 69.0 Å². The molecule has 2 amide bonds. The lowest BCUT2D eigenvalue weighted by Crippen LogP contribution is -2.36. The lowest BCUT2D eigenvalue weighted by molar-refractivity contribution is 0.0696. The first kappa shape index (κ1) is 28.4. The number of aromatic nitrogens is 4. The summed E-state index contributed by atoms with van der Waals surface area (Å²) in [6, 6.07) is 13.6. The zero-order valence-electron chi connectivity index (χ0n) is 22.5. The zero-order valence-corrected chi connectivity index (χ0v) is 22.5. The van der Waals surface area contributed by atoms with Gasteiger partial charge in [0.15, 0.2) is 0 Å². The Bertz CT molecular complexity index is 2020. The van der Waals surface area contributed by atoms with Crippen molar-refractivity contribution < 1.29 is 19.5 Å². The third-order valence-corrected chi connectivity index (χ3v) is 6.72. The van der Waals surface area contributed by atoms with Gasteiger partial charge in [0.05, 0.1) is 11.6 Å². The molecule has 5 aromatic rings. The summed E-state index contributed by atoms with van der Waals surface area (Å²) in [4.78, 5) is 76.8. The first-order chi connectivity index (χ1) is 20.5. The molecule has 15 nitrogen and oxygen atoms in total. The molecule has 0 unspecified atom stereocenters. The van der Waals surface area contributed by atoms with Crippen LogP contribution in [0, 0.1) is 0 Å². The van der Waals surface area contributed by atoms with Crippen molar-refractivity contribution in [3.8, 4) is 0 Å². The van der Waals surface area contributed by atoms with E-state index in [-0.39, 0.29) is 47.2 Å². The Labute approximate surface area is 241 Å². The predicted molar refractivity (Wildman–Crippen MR) is 154 cm³/mol. The van der Waals surface area contributed by atoms with E-state index in [0.29, 0.717) is 11.1 Å². The van der Waals surface area contributed by atoms with Crippen LogP contribution < -0.4 is 38.2 Å². The summed E-state index contributed by atoms with van der Waals surface area (Å²) in [5, 5.41) is 23.4. The van der Waals surface area contributed by atoms with E-state index in [1.54, 1.807) is 43.3 Å². The number of nitrogens with two attached hydrogens (primary N) is 1. The van der Waals surface area contributed by atoms with E-state index in [0.717, 1.165) is 9.96 Å². The highest BCUT2D eigenvalue weighted by Gasteiger charge is 2.22. The summed E-state index contributed by atoms with van der Waals surface area (Å²) in [7, 11) is 0. The maximum absolute atomic E-state index is 13.2. The molecule has 5 rings (SSSR count). The fourth-order valence-electron chi connectivity index (χ4n) is 4.36. The molecule has 2 heterocycles. The van der Waals surface area contributed by atoms with Crippen LogP contribution in [0.2, 0.25) is 0 Å². The standard InChI is InChI=1S/C28H24N8O7/c1-13(16-5-7-17(8-6-16)26(41)42)32-25(40)19-10-18(33-27-34-35-28(43)36(19)27)24(39)31-12-15-4-2-3-14(9-15)11-30-21-20(29)22(37)23(21)38/h2-10,13,30H,11-12,29H2,1H3,(H,31,39)(H,32,40)(H,35,43)(H,41,42)/t13-/m1/s1. The number of fused-ring (bicyclic) bond motifs is 1. The van der Waals surface area contributed by atoms with Crippen molar-refractivity contribution in [1.29, 1.82) is 0 Å². The molecular formula is C28H24N8O7. The Kier molecular flexibility index (Phi) is 7.53. The van der Waals surface area contributed by atoms with E-state index in [2.05, 4.69) is 31.1 Å². The minimum atomic E-state index is -1.08. The molecule has 0 bridgehead atoms. The van der Waals surface area contributed by atoms with Crippen molar-refractivity contribution in [3.63, 3.8) is 0 Å². The average Bonchev–Trinajstić information content (AvgIpc) is 3.39. The van der Waals surface area contributed by atoms with Crippen LogP contribution in [0.25, 0.3) is 5.78 Å². The molecule has 7 N–H and O–H groups in total. The number of carbonyl (C=O) groups is 3. The monoisotopic (exact) mass is 584 g/mol. The number of hydrogen-bond acceptors (Lipinski definition) is 10. The Hall–Kier alpha value is -6.12. The molecular weight excluding hydrogens is 560 g/mol. The third kappa shape index (κ3) is 5.72. The first-order valence-corrected chi connectivity index (χ1v) is 12.8. The predicted octanol–water partition coefficient (Wildman–Crippen LogP) is 0.327. The van der Waals surface area contributed by atoms with Crippen molar-refractivity contribution in [2.75, 3.05) is 11.1 Å². The van der Waals surface area contributed by atoms with Crippen LogP contribution >= 0.6 is 0 Å². The topological polar surface area (TPSA) is 231 Å². The molecule has 1 atom stereocenters. The number of benzene rings is 2. The van der Waals surface area contributed by atoms with Gasteiger partial charge in [-0.05, 0) is 41.8 Å². The number of hydrogen-bond donors (Lipinski definition) is 6. The van der Waals surface area contributed by atoms with Crippen LogP contribution in [0.3, 0.4) is 0 Å². The van der Waals surface area contributed by atoms with Gasteiger partial charge in [0.2, 0.25) is 0 Å². The summed E-state index contributed by atoms with van der Waals surface area (Å²) < 4.78 is 0.936. The second-order valence-electron chi connectivity index (χ2n) is 9.62. The van der Waals surface area contributed by atoms with Crippen LogP contribution in [-0.4, -0.2) is 42.5 Å². The quantitative estimate of drug-likeness (QED) is 0.122. The van der Waals surface area contributed by atoms with Gasteiger partial charge in [0.25, 0.3) is 28.4 Å². The van der Waals surface area contributed by atoms with Gasteiger partial charge in [-0.3, -0.25) is 19.2 Å². The Balaban J connectivity index is 1.29. The molecule has 43 heavy (non-hydrogen) atoms. The number of nitrogens with zero attached hydrogens (tertiary/aromatic N) is 3. The molecule has 0 saturated carbocycles. The number of anilines is 2. The van der Waals surface area contributed by atoms with Crippen molar-refractivity contribution in [1.82, 2.24) is 30.2 Å². The molecule has 15 heteroatoms. The zero-order chi connectivity index (χ0) is 30.8. The van der Waals surface area contributed by atoms with Gasteiger partial charge in [-0.2, -0.15) is 0 Å². The third-order valence-electron chi connectivity index (χ3n) is 6.72. The first-order valence-electron chi connectivity index (χ1n) is 12.8. The number of carboxylic acids is 1.